The van der Waals surface area contributed by atoms with Gasteiger partial charge in [-0.05, 0) is 25.2 Å². The summed E-state index contributed by atoms with van der Waals surface area (Å²) in [5.41, 5.74) is 2.73. The van der Waals surface area contributed by atoms with Crippen LogP contribution in [0, 0.1) is 0 Å². The van der Waals surface area contributed by atoms with E-state index in [1.54, 1.807) is 10.9 Å². The molecule has 0 radical (unpaired) electrons. The van der Waals surface area contributed by atoms with Gasteiger partial charge in [0.05, 0.1) is 5.69 Å². The Labute approximate surface area is 131 Å². The van der Waals surface area contributed by atoms with Crippen LogP contribution in [0.25, 0.3) is 0 Å². The number of nitrogens with zero attached hydrogens (tertiary/aromatic N) is 5. The summed E-state index contributed by atoms with van der Waals surface area (Å²) in [5, 5.41) is 12.8. The highest BCUT2D eigenvalue weighted by Crippen LogP contribution is 2.40. The number of carbonyl (C=O) groups is 1. The highest BCUT2D eigenvalue weighted by atomic mass is 32.2. The van der Waals surface area contributed by atoms with Crippen LogP contribution in [0.5, 0.6) is 0 Å². The standard InChI is InChI=1S/C14H16N6OS/c1-19-9(6-7-15-19)12-11-8(4-3-5-10(11)21)16-13-17-14(22-2)18-20(12)13/h6-7,12H,3-5H2,1-2H3,(H,16,17,18)/t12-/m1/s1. The Morgan fingerprint density at radius 2 is 2.27 bits per heavy atom. The van der Waals surface area contributed by atoms with E-state index in [9.17, 15) is 4.79 Å². The number of rotatable bonds is 2. The van der Waals surface area contributed by atoms with E-state index in [2.05, 4.69) is 20.5 Å². The first kappa shape index (κ1) is 13.6. The van der Waals surface area contributed by atoms with Crippen molar-refractivity contribution in [1.29, 1.82) is 0 Å². The lowest BCUT2D eigenvalue weighted by molar-refractivity contribution is -0.116. The molecule has 0 saturated carbocycles. The van der Waals surface area contributed by atoms with Gasteiger partial charge >= 0.3 is 0 Å². The molecule has 1 aliphatic heterocycles. The number of Topliss-reactive ketones (excluding diaryl/α,β-unsaturated/α-hetero) is 1. The molecular formula is C14H16N6OS. The molecule has 2 aromatic rings. The van der Waals surface area contributed by atoms with Crippen molar-refractivity contribution in [2.75, 3.05) is 11.6 Å². The van der Waals surface area contributed by atoms with E-state index in [0.717, 1.165) is 29.8 Å². The topological polar surface area (TPSA) is 77.6 Å². The van der Waals surface area contributed by atoms with Crippen molar-refractivity contribution in [1.82, 2.24) is 24.5 Å². The number of fused-ring (bicyclic) bond motifs is 1. The third kappa shape index (κ3) is 1.90. The molecule has 7 nitrogen and oxygen atoms in total. The van der Waals surface area contributed by atoms with E-state index < -0.39 is 0 Å². The summed E-state index contributed by atoms with van der Waals surface area (Å²) in [7, 11) is 1.89. The van der Waals surface area contributed by atoms with Gasteiger partial charge in [-0.1, -0.05) is 11.8 Å². The molecule has 0 amide bonds. The first-order valence-corrected chi connectivity index (χ1v) is 8.43. The zero-order valence-electron chi connectivity index (χ0n) is 12.4. The van der Waals surface area contributed by atoms with E-state index in [1.165, 1.54) is 11.8 Å². The van der Waals surface area contributed by atoms with Crippen LogP contribution < -0.4 is 5.32 Å². The van der Waals surface area contributed by atoms with Gasteiger partial charge in [-0.2, -0.15) is 10.1 Å². The quantitative estimate of drug-likeness (QED) is 0.851. The maximum Gasteiger partial charge on any atom is 0.227 e. The molecule has 0 aromatic carbocycles. The number of hydrogen-bond acceptors (Lipinski definition) is 6. The third-order valence-electron chi connectivity index (χ3n) is 4.17. The van der Waals surface area contributed by atoms with Crippen LogP contribution in [-0.2, 0) is 11.8 Å². The van der Waals surface area contributed by atoms with Gasteiger partial charge in [-0.25, -0.2) is 4.68 Å². The minimum absolute atomic E-state index is 0.187. The van der Waals surface area contributed by atoms with Gasteiger partial charge in [-0.3, -0.25) is 9.48 Å². The molecule has 114 valence electrons. The normalized spacial score (nSPS) is 20.6. The number of aryl methyl sites for hydroxylation is 1. The van der Waals surface area contributed by atoms with Crippen LogP contribution in [0.2, 0.25) is 0 Å². The molecule has 2 aromatic heterocycles. The number of nitrogens with one attached hydrogen (secondary N) is 1. The van der Waals surface area contributed by atoms with Gasteiger partial charge in [0.25, 0.3) is 0 Å². The molecule has 1 atom stereocenters. The predicted molar refractivity (Wildman–Crippen MR) is 82.7 cm³/mol. The minimum Gasteiger partial charge on any atom is -0.328 e. The van der Waals surface area contributed by atoms with Gasteiger partial charge in [0.1, 0.15) is 6.04 Å². The second-order valence-corrected chi connectivity index (χ2v) is 6.22. The fourth-order valence-corrected chi connectivity index (χ4v) is 3.50. The number of thioether (sulfide) groups is 1. The smallest absolute Gasteiger partial charge is 0.227 e. The molecule has 2 aliphatic rings. The lowest BCUT2D eigenvalue weighted by atomic mass is 9.87. The van der Waals surface area contributed by atoms with Crippen LogP contribution in [0.15, 0.2) is 28.7 Å². The maximum absolute atomic E-state index is 12.5. The van der Waals surface area contributed by atoms with Crippen molar-refractivity contribution in [3.8, 4) is 0 Å². The van der Waals surface area contributed by atoms with Gasteiger partial charge in [0.2, 0.25) is 11.1 Å². The number of hydrogen-bond donors (Lipinski definition) is 1. The van der Waals surface area contributed by atoms with E-state index in [-0.39, 0.29) is 11.8 Å². The van der Waals surface area contributed by atoms with Crippen LogP contribution in [0.1, 0.15) is 31.0 Å². The Morgan fingerprint density at radius 3 is 3.00 bits per heavy atom. The van der Waals surface area contributed by atoms with E-state index in [4.69, 9.17) is 0 Å². The van der Waals surface area contributed by atoms with Crippen LogP contribution >= 0.6 is 11.8 Å². The average molecular weight is 316 g/mol. The average Bonchev–Trinajstić information content (AvgIpc) is 3.11. The molecule has 3 heterocycles. The SMILES string of the molecule is CSc1nc2n(n1)[C@H](c1ccnn1C)C1=C(CCCC1=O)N2. The highest BCUT2D eigenvalue weighted by Gasteiger charge is 2.37. The van der Waals surface area contributed by atoms with E-state index in [0.29, 0.717) is 17.5 Å². The zero-order chi connectivity index (χ0) is 15.3. The first-order chi connectivity index (χ1) is 10.7. The van der Waals surface area contributed by atoms with Gasteiger partial charge in [0, 0.05) is 30.9 Å². The Morgan fingerprint density at radius 1 is 1.41 bits per heavy atom. The number of ketones is 1. The van der Waals surface area contributed by atoms with Crippen molar-refractivity contribution in [3.63, 3.8) is 0 Å². The van der Waals surface area contributed by atoms with Crippen molar-refractivity contribution in [2.24, 2.45) is 7.05 Å². The summed E-state index contributed by atoms with van der Waals surface area (Å²) in [5.74, 6) is 0.885. The molecule has 1 aliphatic carbocycles. The number of allylic oxidation sites excluding steroid dienone is 2. The molecular weight excluding hydrogens is 300 g/mol. The molecule has 8 heteroatoms. The Balaban J connectivity index is 1.94. The first-order valence-electron chi connectivity index (χ1n) is 7.20. The largest absolute Gasteiger partial charge is 0.328 e. The fourth-order valence-electron chi connectivity index (χ4n) is 3.15. The molecule has 1 N–H and O–H groups in total. The van der Waals surface area contributed by atoms with Crippen molar-refractivity contribution in [3.05, 3.63) is 29.2 Å². The molecule has 0 spiro atoms. The summed E-state index contributed by atoms with van der Waals surface area (Å²) in [6.45, 7) is 0. The Bertz CT molecular complexity index is 789. The summed E-state index contributed by atoms with van der Waals surface area (Å²) in [4.78, 5) is 17.0. The fraction of sp³-hybridized carbons (Fsp3) is 0.429. The molecule has 0 saturated heterocycles. The van der Waals surface area contributed by atoms with Crippen LogP contribution in [0.3, 0.4) is 0 Å². The zero-order valence-corrected chi connectivity index (χ0v) is 13.2. The maximum atomic E-state index is 12.5. The second-order valence-electron chi connectivity index (χ2n) is 5.44. The van der Waals surface area contributed by atoms with Crippen LogP contribution in [0.4, 0.5) is 5.95 Å². The second kappa shape index (κ2) is 4.98. The molecule has 22 heavy (non-hydrogen) atoms. The number of aromatic nitrogens is 5. The van der Waals surface area contributed by atoms with Crippen LogP contribution in [-0.4, -0.2) is 36.6 Å². The number of anilines is 1. The Kier molecular flexibility index (Phi) is 3.07. The number of carbonyl (C=O) groups excluding carboxylic acids is 1. The summed E-state index contributed by atoms with van der Waals surface area (Å²) >= 11 is 1.49. The Hall–Kier alpha value is -2.09. The van der Waals surface area contributed by atoms with Gasteiger partial charge < -0.3 is 5.32 Å². The van der Waals surface area contributed by atoms with Crippen molar-refractivity contribution >= 4 is 23.5 Å². The lowest BCUT2D eigenvalue weighted by Crippen LogP contribution is -2.32. The monoisotopic (exact) mass is 316 g/mol. The van der Waals surface area contributed by atoms with E-state index in [1.807, 2.05) is 24.1 Å². The summed E-state index contributed by atoms with van der Waals surface area (Å²) < 4.78 is 3.61. The van der Waals surface area contributed by atoms with Gasteiger partial charge in [0.15, 0.2) is 5.78 Å². The van der Waals surface area contributed by atoms with Crippen molar-refractivity contribution in [2.45, 2.75) is 30.5 Å². The lowest BCUT2D eigenvalue weighted by Gasteiger charge is -2.31. The molecule has 0 unspecified atom stereocenters. The summed E-state index contributed by atoms with van der Waals surface area (Å²) in [6.07, 6.45) is 6.04. The molecule has 0 fully saturated rings. The highest BCUT2D eigenvalue weighted by molar-refractivity contribution is 7.98. The van der Waals surface area contributed by atoms with Gasteiger partial charge in [-0.15, -0.1) is 5.10 Å². The predicted octanol–water partition coefficient (Wildman–Crippen LogP) is 1.76. The minimum atomic E-state index is -0.250. The third-order valence-corrected chi connectivity index (χ3v) is 4.71. The van der Waals surface area contributed by atoms with Crippen molar-refractivity contribution < 1.29 is 4.79 Å². The molecule has 0 bridgehead atoms. The summed E-state index contributed by atoms with van der Waals surface area (Å²) in [6, 6.07) is 1.69. The molecule has 4 rings (SSSR count). The van der Waals surface area contributed by atoms with E-state index >= 15 is 0 Å².